The third-order valence-corrected chi connectivity index (χ3v) is 6.98. The zero-order valence-corrected chi connectivity index (χ0v) is 20.9. The first-order valence-electron chi connectivity index (χ1n) is 11.9. The van der Waals surface area contributed by atoms with Gasteiger partial charge in [-0.15, -0.1) is 0 Å². The standard InChI is InChI=1S/C28H30N3.HI/c1-2-3-7-21-8-13-27-22(18-21)9-11-25-20-30-26-14-12-24(29-16-5-4-6-17-29)19-23(26)10-15-28(30)31(25)27;/h8-15,18-20H,2-7,16-17H2,1H3;1H/q+1;/p-1. The van der Waals surface area contributed by atoms with Crippen molar-refractivity contribution in [2.45, 2.75) is 45.4 Å². The predicted octanol–water partition coefficient (Wildman–Crippen LogP) is 3.32. The second-order valence-corrected chi connectivity index (χ2v) is 9.07. The number of benzene rings is 2. The topological polar surface area (TPSA) is 11.8 Å². The molecule has 164 valence electrons. The normalized spacial score (nSPS) is 14.5. The maximum Gasteiger partial charge on any atom is 0.292 e. The van der Waals surface area contributed by atoms with Gasteiger partial charge < -0.3 is 28.9 Å². The first-order chi connectivity index (χ1) is 15.3. The fourth-order valence-electron chi connectivity index (χ4n) is 5.28. The maximum atomic E-state index is 2.54. The van der Waals surface area contributed by atoms with E-state index in [-0.39, 0.29) is 24.0 Å². The summed E-state index contributed by atoms with van der Waals surface area (Å²) in [6.07, 6.45) is 9.92. The van der Waals surface area contributed by atoms with E-state index >= 15 is 0 Å². The van der Waals surface area contributed by atoms with Crippen molar-refractivity contribution in [3.63, 3.8) is 0 Å². The van der Waals surface area contributed by atoms with Crippen LogP contribution in [0.3, 0.4) is 0 Å². The van der Waals surface area contributed by atoms with Gasteiger partial charge in [0.05, 0.1) is 0 Å². The fourth-order valence-corrected chi connectivity index (χ4v) is 5.28. The molecule has 6 rings (SSSR count). The van der Waals surface area contributed by atoms with Crippen LogP contribution < -0.4 is 33.3 Å². The molecule has 1 saturated heterocycles. The Balaban J connectivity index is 0.00000216. The molecule has 0 unspecified atom stereocenters. The summed E-state index contributed by atoms with van der Waals surface area (Å²) in [6.45, 7) is 4.63. The van der Waals surface area contributed by atoms with Crippen molar-refractivity contribution in [3.05, 3.63) is 72.4 Å². The predicted molar refractivity (Wildman–Crippen MR) is 130 cm³/mol. The number of aromatic nitrogens is 2. The third-order valence-electron chi connectivity index (χ3n) is 6.98. The van der Waals surface area contributed by atoms with Crippen LogP contribution >= 0.6 is 0 Å². The van der Waals surface area contributed by atoms with Gasteiger partial charge in [-0.05, 0) is 86.2 Å². The summed E-state index contributed by atoms with van der Waals surface area (Å²) < 4.78 is 4.76. The number of unbranched alkanes of at least 4 members (excludes halogenated alkanes) is 1. The van der Waals surface area contributed by atoms with Crippen molar-refractivity contribution in [2.75, 3.05) is 18.0 Å². The van der Waals surface area contributed by atoms with Gasteiger partial charge >= 0.3 is 0 Å². The molecule has 0 spiro atoms. The summed E-state index contributed by atoms with van der Waals surface area (Å²) in [6, 6.07) is 23.1. The largest absolute Gasteiger partial charge is 1.00 e. The van der Waals surface area contributed by atoms with Crippen molar-refractivity contribution in [1.29, 1.82) is 0 Å². The van der Waals surface area contributed by atoms with Gasteiger partial charge in [0.25, 0.3) is 5.65 Å². The lowest BCUT2D eigenvalue weighted by Gasteiger charge is -2.28. The Morgan fingerprint density at radius 3 is 2.53 bits per heavy atom. The Morgan fingerprint density at radius 1 is 0.844 bits per heavy atom. The second kappa shape index (κ2) is 8.89. The van der Waals surface area contributed by atoms with Gasteiger partial charge in [0.1, 0.15) is 17.2 Å². The maximum absolute atomic E-state index is 2.54. The van der Waals surface area contributed by atoms with E-state index in [1.54, 1.807) is 0 Å². The van der Waals surface area contributed by atoms with E-state index in [2.05, 4.69) is 87.5 Å². The molecular formula is C28H30IN3. The number of pyridine rings is 2. The third kappa shape index (κ3) is 3.62. The van der Waals surface area contributed by atoms with Crippen molar-refractivity contribution < 1.29 is 28.4 Å². The molecule has 0 atom stereocenters. The molecule has 0 bridgehead atoms. The van der Waals surface area contributed by atoms with Gasteiger partial charge in [-0.3, -0.25) is 0 Å². The quantitative estimate of drug-likeness (QED) is 0.254. The summed E-state index contributed by atoms with van der Waals surface area (Å²) in [4.78, 5) is 2.54. The molecule has 32 heavy (non-hydrogen) atoms. The SMILES string of the molecule is CCCCc1ccc2c(ccc3c[n+]4c5ccc(N6CCCCC6)cc5ccc4n32)c1.[I-]. The fraction of sp³-hybridized carbons (Fsp3) is 0.321. The molecule has 3 nitrogen and oxygen atoms in total. The summed E-state index contributed by atoms with van der Waals surface area (Å²) in [5, 5.41) is 2.63. The number of aryl methyl sites for hydroxylation is 1. The molecule has 0 saturated carbocycles. The monoisotopic (exact) mass is 535 g/mol. The lowest BCUT2D eigenvalue weighted by Crippen LogP contribution is -3.00. The van der Waals surface area contributed by atoms with Crippen LogP contribution in [0.5, 0.6) is 0 Å². The zero-order chi connectivity index (χ0) is 20.8. The van der Waals surface area contributed by atoms with Crippen LogP contribution in [0.1, 0.15) is 44.6 Å². The lowest BCUT2D eigenvalue weighted by molar-refractivity contribution is -0.479. The van der Waals surface area contributed by atoms with Crippen molar-refractivity contribution >= 4 is 38.7 Å². The first kappa shape index (κ1) is 21.5. The summed E-state index contributed by atoms with van der Waals surface area (Å²) in [7, 11) is 0. The molecule has 0 N–H and O–H groups in total. The van der Waals surface area contributed by atoms with Gasteiger partial charge in [-0.2, -0.15) is 8.80 Å². The Hall–Kier alpha value is -2.34. The number of hydrogen-bond donors (Lipinski definition) is 0. The molecule has 2 aromatic carbocycles. The molecule has 4 heteroatoms. The highest BCUT2D eigenvalue weighted by Crippen LogP contribution is 2.26. The summed E-state index contributed by atoms with van der Waals surface area (Å²) in [5.41, 5.74) is 7.82. The van der Waals surface area contributed by atoms with E-state index < -0.39 is 0 Å². The average Bonchev–Trinajstić information content (AvgIpc) is 3.22. The molecule has 1 aliphatic rings. The number of nitrogens with zero attached hydrogens (tertiary/aromatic N) is 3. The number of rotatable bonds is 4. The van der Waals surface area contributed by atoms with E-state index in [4.69, 9.17) is 0 Å². The minimum Gasteiger partial charge on any atom is -1.00 e. The van der Waals surface area contributed by atoms with Crippen molar-refractivity contribution in [1.82, 2.24) is 4.40 Å². The number of fused-ring (bicyclic) bond motifs is 7. The van der Waals surface area contributed by atoms with E-state index in [0.717, 1.165) is 6.42 Å². The summed E-state index contributed by atoms with van der Waals surface area (Å²) in [5.74, 6) is 0. The molecule has 3 aromatic heterocycles. The average molecular weight is 535 g/mol. The highest BCUT2D eigenvalue weighted by molar-refractivity contribution is 5.87. The van der Waals surface area contributed by atoms with E-state index in [0.29, 0.717) is 0 Å². The van der Waals surface area contributed by atoms with Crippen LogP contribution in [0.4, 0.5) is 5.69 Å². The molecule has 0 radical (unpaired) electrons. The number of piperidine rings is 1. The van der Waals surface area contributed by atoms with Crippen molar-refractivity contribution in [2.24, 2.45) is 0 Å². The highest BCUT2D eigenvalue weighted by atomic mass is 127. The summed E-state index contributed by atoms with van der Waals surface area (Å²) >= 11 is 0. The molecular weight excluding hydrogens is 505 g/mol. The van der Waals surface area contributed by atoms with Gasteiger partial charge in [-0.1, -0.05) is 19.4 Å². The number of anilines is 1. The van der Waals surface area contributed by atoms with Gasteiger partial charge in [0, 0.05) is 35.6 Å². The number of hydrogen-bond acceptors (Lipinski definition) is 1. The number of halogens is 1. The molecule has 5 aromatic rings. The molecule has 1 fully saturated rings. The zero-order valence-electron chi connectivity index (χ0n) is 18.7. The number of imidazole rings is 1. The van der Waals surface area contributed by atoms with E-state index in [1.807, 2.05) is 0 Å². The molecule has 0 amide bonds. The van der Waals surface area contributed by atoms with E-state index in [9.17, 15) is 0 Å². The van der Waals surface area contributed by atoms with Crippen LogP contribution in [0.25, 0.3) is 33.0 Å². The van der Waals surface area contributed by atoms with Crippen LogP contribution in [-0.4, -0.2) is 17.5 Å². The lowest BCUT2D eigenvalue weighted by atomic mass is 10.1. The molecule has 4 heterocycles. The van der Waals surface area contributed by atoms with Crippen LogP contribution in [0, 0.1) is 0 Å². The Bertz CT molecular complexity index is 1410. The van der Waals surface area contributed by atoms with Gasteiger partial charge in [-0.25, -0.2) is 0 Å². The minimum absolute atomic E-state index is 0. The van der Waals surface area contributed by atoms with Crippen molar-refractivity contribution in [3.8, 4) is 0 Å². The van der Waals surface area contributed by atoms with Crippen LogP contribution in [0.15, 0.2) is 66.9 Å². The van der Waals surface area contributed by atoms with Gasteiger partial charge in [0.2, 0.25) is 0 Å². The molecule has 1 aliphatic heterocycles. The first-order valence-corrected chi connectivity index (χ1v) is 11.9. The smallest absolute Gasteiger partial charge is 0.292 e. The Labute approximate surface area is 206 Å². The van der Waals surface area contributed by atoms with Crippen LogP contribution in [0.2, 0.25) is 0 Å². The second-order valence-electron chi connectivity index (χ2n) is 9.07. The van der Waals surface area contributed by atoms with Gasteiger partial charge in [0.15, 0.2) is 5.52 Å². The molecule has 0 aliphatic carbocycles. The highest BCUT2D eigenvalue weighted by Gasteiger charge is 2.18. The Morgan fingerprint density at radius 2 is 1.69 bits per heavy atom. The van der Waals surface area contributed by atoms with Crippen LogP contribution in [-0.2, 0) is 6.42 Å². The van der Waals surface area contributed by atoms with E-state index in [1.165, 1.54) is 89.4 Å². The minimum atomic E-state index is 0. The Kier molecular flexibility index (Phi) is 5.97.